The summed E-state index contributed by atoms with van der Waals surface area (Å²) in [6, 6.07) is 18.4. The maximum Gasteiger partial charge on any atom is 0.267 e. The second kappa shape index (κ2) is 8.34. The highest BCUT2D eigenvalue weighted by Gasteiger charge is 2.32. The highest BCUT2D eigenvalue weighted by molar-refractivity contribution is 7.89. The Hall–Kier alpha value is -3.27. The van der Waals surface area contributed by atoms with Crippen LogP contribution < -0.4 is 5.32 Å². The molecule has 0 saturated heterocycles. The maximum absolute atomic E-state index is 13.4. The molecule has 0 spiro atoms. The molecule has 0 unspecified atom stereocenters. The van der Waals surface area contributed by atoms with Gasteiger partial charge in [-0.05, 0) is 53.3 Å². The van der Waals surface area contributed by atoms with Crippen LogP contribution in [-0.4, -0.2) is 35.0 Å². The average molecular weight is 465 g/mol. The molecule has 1 N–H and O–H groups in total. The van der Waals surface area contributed by atoms with Gasteiger partial charge in [0, 0.05) is 31.2 Å². The van der Waals surface area contributed by atoms with Crippen molar-refractivity contribution in [2.75, 3.05) is 11.9 Å². The van der Waals surface area contributed by atoms with Crippen LogP contribution in [0.1, 0.15) is 20.8 Å². The Kier molecular flexibility index (Phi) is 5.38. The van der Waals surface area contributed by atoms with Crippen molar-refractivity contribution in [1.82, 2.24) is 14.1 Å². The van der Waals surface area contributed by atoms with Gasteiger partial charge in [-0.2, -0.15) is 9.40 Å². The van der Waals surface area contributed by atoms with Gasteiger partial charge in [-0.15, -0.1) is 11.3 Å². The third-order valence-electron chi connectivity index (χ3n) is 5.42. The van der Waals surface area contributed by atoms with Crippen molar-refractivity contribution in [3.8, 4) is 5.69 Å². The van der Waals surface area contributed by atoms with Crippen LogP contribution in [0.15, 0.2) is 83.3 Å². The van der Waals surface area contributed by atoms with Gasteiger partial charge in [0.25, 0.3) is 5.91 Å². The summed E-state index contributed by atoms with van der Waals surface area (Å²) >= 11 is 1.12. The number of aromatic nitrogens is 2. The normalized spacial score (nSPS) is 14.1. The molecule has 2 aromatic heterocycles. The predicted molar refractivity (Wildman–Crippen MR) is 124 cm³/mol. The molecule has 1 aliphatic heterocycles. The molecular formula is C23H20N4O3S2. The van der Waals surface area contributed by atoms with E-state index in [0.717, 1.165) is 22.6 Å². The number of rotatable bonds is 5. The minimum atomic E-state index is -3.80. The minimum Gasteiger partial charge on any atom is -0.321 e. The number of nitrogens with one attached hydrogen (secondary N) is 1. The second-order valence-corrected chi connectivity index (χ2v) is 10.2. The number of hydrogen-bond donors (Lipinski definition) is 1. The fraction of sp³-hybridized carbons (Fsp3) is 0.130. The summed E-state index contributed by atoms with van der Waals surface area (Å²) in [7, 11) is -3.80. The van der Waals surface area contributed by atoms with Gasteiger partial charge in [0.05, 0.1) is 5.69 Å². The molecule has 3 heterocycles. The van der Waals surface area contributed by atoms with Crippen LogP contribution in [0.5, 0.6) is 0 Å². The van der Waals surface area contributed by atoms with E-state index in [2.05, 4.69) is 10.4 Å². The first-order valence-electron chi connectivity index (χ1n) is 10.1. The van der Waals surface area contributed by atoms with E-state index in [1.54, 1.807) is 28.4 Å². The van der Waals surface area contributed by atoms with Crippen LogP contribution in [0.4, 0.5) is 5.69 Å². The Labute approximate surface area is 190 Å². The number of carbonyl (C=O) groups excluding carboxylic acids is 1. The van der Waals surface area contributed by atoms with E-state index in [1.807, 2.05) is 48.7 Å². The molecule has 7 nitrogen and oxygen atoms in total. The van der Waals surface area contributed by atoms with Gasteiger partial charge < -0.3 is 5.32 Å². The van der Waals surface area contributed by atoms with Gasteiger partial charge >= 0.3 is 0 Å². The molecule has 162 valence electrons. The molecule has 4 aromatic rings. The molecular weight excluding hydrogens is 444 g/mol. The van der Waals surface area contributed by atoms with Crippen molar-refractivity contribution in [3.05, 3.63) is 94.4 Å². The molecule has 1 amide bonds. The summed E-state index contributed by atoms with van der Waals surface area (Å²) in [5.41, 5.74) is 3.52. The highest BCUT2D eigenvalue weighted by Crippen LogP contribution is 2.30. The minimum absolute atomic E-state index is 0.0441. The Bertz CT molecular complexity index is 1380. The Morgan fingerprint density at radius 2 is 1.88 bits per heavy atom. The van der Waals surface area contributed by atoms with E-state index >= 15 is 0 Å². The Morgan fingerprint density at radius 1 is 1.03 bits per heavy atom. The molecule has 0 radical (unpaired) electrons. The summed E-state index contributed by atoms with van der Waals surface area (Å²) in [5.74, 6) is -0.450. The molecule has 0 aliphatic carbocycles. The van der Waals surface area contributed by atoms with Crippen molar-refractivity contribution < 1.29 is 13.2 Å². The number of carbonyl (C=O) groups is 1. The van der Waals surface area contributed by atoms with Gasteiger partial charge in [-0.3, -0.25) is 4.79 Å². The van der Waals surface area contributed by atoms with Crippen LogP contribution in [0.2, 0.25) is 0 Å². The van der Waals surface area contributed by atoms with Crippen molar-refractivity contribution in [2.45, 2.75) is 17.9 Å². The third kappa shape index (κ3) is 3.86. The molecule has 0 atom stereocenters. The molecule has 5 rings (SSSR count). The smallest absolute Gasteiger partial charge is 0.267 e. The monoisotopic (exact) mass is 464 g/mol. The van der Waals surface area contributed by atoms with Crippen LogP contribution in [-0.2, 0) is 23.0 Å². The molecule has 32 heavy (non-hydrogen) atoms. The summed E-state index contributed by atoms with van der Waals surface area (Å²) < 4.78 is 29.9. The number of anilines is 1. The van der Waals surface area contributed by atoms with Gasteiger partial charge in [-0.1, -0.05) is 30.3 Å². The number of sulfonamides is 1. The zero-order valence-corrected chi connectivity index (χ0v) is 18.6. The molecule has 1 aliphatic rings. The lowest BCUT2D eigenvalue weighted by atomic mass is 10.0. The van der Waals surface area contributed by atoms with E-state index in [0.29, 0.717) is 25.2 Å². The van der Waals surface area contributed by atoms with E-state index in [4.69, 9.17) is 0 Å². The first-order valence-corrected chi connectivity index (χ1v) is 12.4. The summed E-state index contributed by atoms with van der Waals surface area (Å²) in [4.78, 5) is 13.2. The molecule has 0 bridgehead atoms. The van der Waals surface area contributed by atoms with Crippen LogP contribution in [0.25, 0.3) is 5.69 Å². The van der Waals surface area contributed by atoms with Gasteiger partial charge in [0.15, 0.2) is 0 Å². The Morgan fingerprint density at radius 3 is 2.69 bits per heavy atom. The lowest BCUT2D eigenvalue weighted by Gasteiger charge is -2.28. The quantitative estimate of drug-likeness (QED) is 0.485. The molecule has 0 fully saturated rings. The first kappa shape index (κ1) is 20.6. The largest absolute Gasteiger partial charge is 0.321 e. The summed E-state index contributed by atoms with van der Waals surface area (Å²) in [5, 5.41) is 8.66. The molecule has 9 heteroatoms. The zero-order chi connectivity index (χ0) is 22.1. The SMILES string of the molecule is O=C(Nc1cccc(-n2cccn2)c1)c1sccc1S(=O)(=O)N1CCc2ccccc2C1. The number of nitrogens with zero attached hydrogens (tertiary/aromatic N) is 3. The number of thiophene rings is 1. The molecule has 0 saturated carbocycles. The predicted octanol–water partition coefficient (Wildman–Crippen LogP) is 3.93. The van der Waals surface area contributed by atoms with E-state index in [-0.39, 0.29) is 9.77 Å². The summed E-state index contributed by atoms with van der Waals surface area (Å²) in [6.07, 6.45) is 4.13. The van der Waals surface area contributed by atoms with Crippen molar-refractivity contribution in [2.24, 2.45) is 0 Å². The lowest BCUT2D eigenvalue weighted by molar-refractivity contribution is 0.102. The van der Waals surface area contributed by atoms with E-state index < -0.39 is 15.9 Å². The first-order chi connectivity index (χ1) is 15.5. The third-order valence-corrected chi connectivity index (χ3v) is 8.35. The van der Waals surface area contributed by atoms with E-state index in [9.17, 15) is 13.2 Å². The topological polar surface area (TPSA) is 84.3 Å². The fourth-order valence-electron chi connectivity index (χ4n) is 3.82. The van der Waals surface area contributed by atoms with Gasteiger partial charge in [-0.25, -0.2) is 13.1 Å². The number of hydrogen-bond acceptors (Lipinski definition) is 5. The van der Waals surface area contributed by atoms with Crippen LogP contribution in [0.3, 0.4) is 0 Å². The van der Waals surface area contributed by atoms with Gasteiger partial charge in [0.1, 0.15) is 9.77 Å². The van der Waals surface area contributed by atoms with Crippen LogP contribution in [0, 0.1) is 0 Å². The zero-order valence-electron chi connectivity index (χ0n) is 17.0. The standard InChI is InChI=1S/C23H20N4O3S2/c28-23(25-19-7-3-8-20(15-19)27-12-4-11-24-27)22-21(10-14-31-22)32(29,30)26-13-9-17-5-1-2-6-18(17)16-26/h1-8,10-12,14-15H,9,13,16H2,(H,25,28). The fourth-order valence-corrected chi connectivity index (χ4v) is 6.53. The number of benzene rings is 2. The summed E-state index contributed by atoms with van der Waals surface area (Å²) in [6.45, 7) is 0.698. The Balaban J connectivity index is 1.39. The average Bonchev–Trinajstić information content (AvgIpc) is 3.51. The number of amides is 1. The second-order valence-electron chi connectivity index (χ2n) is 7.43. The lowest BCUT2D eigenvalue weighted by Crippen LogP contribution is -2.36. The van der Waals surface area contributed by atoms with E-state index in [1.165, 1.54) is 15.9 Å². The van der Waals surface area contributed by atoms with Gasteiger partial charge in [0.2, 0.25) is 10.0 Å². The van der Waals surface area contributed by atoms with Crippen molar-refractivity contribution in [1.29, 1.82) is 0 Å². The van der Waals surface area contributed by atoms with Crippen molar-refractivity contribution >= 4 is 33.0 Å². The maximum atomic E-state index is 13.4. The number of fused-ring (bicyclic) bond motifs is 1. The highest BCUT2D eigenvalue weighted by atomic mass is 32.2. The molecule has 2 aromatic carbocycles. The van der Waals surface area contributed by atoms with Crippen molar-refractivity contribution in [3.63, 3.8) is 0 Å². The van der Waals surface area contributed by atoms with Crippen LogP contribution >= 0.6 is 11.3 Å².